The van der Waals surface area contributed by atoms with Gasteiger partial charge in [-0.3, -0.25) is 0 Å². The first-order chi connectivity index (χ1) is 10.6. The number of halogens is 1. The molecule has 0 fully saturated rings. The number of benzene rings is 2. The Morgan fingerprint density at radius 2 is 2.14 bits per heavy atom. The SMILES string of the molecule is C#CCOc1ccc(CNc2cccc(C(=O)O)c2)cc1Br. The van der Waals surface area contributed by atoms with Crippen molar-refractivity contribution in [3.05, 3.63) is 58.1 Å². The number of nitrogens with one attached hydrogen (secondary N) is 1. The summed E-state index contributed by atoms with van der Waals surface area (Å²) in [6, 6.07) is 12.4. The van der Waals surface area contributed by atoms with Crippen molar-refractivity contribution in [2.75, 3.05) is 11.9 Å². The fraction of sp³-hybridized carbons (Fsp3) is 0.118. The molecule has 0 spiro atoms. The second-order valence-corrected chi connectivity index (χ2v) is 5.35. The number of rotatable bonds is 6. The van der Waals surface area contributed by atoms with E-state index in [9.17, 15) is 4.79 Å². The van der Waals surface area contributed by atoms with Crippen LogP contribution in [0.5, 0.6) is 5.75 Å². The van der Waals surface area contributed by atoms with Crippen LogP contribution >= 0.6 is 15.9 Å². The fourth-order valence-corrected chi connectivity index (χ4v) is 2.40. The number of carboxylic acids is 1. The highest BCUT2D eigenvalue weighted by molar-refractivity contribution is 9.10. The van der Waals surface area contributed by atoms with Gasteiger partial charge >= 0.3 is 5.97 Å². The van der Waals surface area contributed by atoms with Gasteiger partial charge in [-0.25, -0.2) is 4.79 Å². The van der Waals surface area contributed by atoms with E-state index < -0.39 is 5.97 Å². The molecule has 112 valence electrons. The minimum atomic E-state index is -0.943. The minimum absolute atomic E-state index is 0.220. The molecule has 2 aromatic carbocycles. The van der Waals surface area contributed by atoms with Crippen molar-refractivity contribution in [1.82, 2.24) is 0 Å². The summed E-state index contributed by atoms with van der Waals surface area (Å²) in [5.41, 5.74) is 2.04. The van der Waals surface area contributed by atoms with Gasteiger partial charge in [0.25, 0.3) is 0 Å². The Balaban J connectivity index is 2.03. The molecule has 5 heteroatoms. The Bertz CT molecular complexity index is 722. The smallest absolute Gasteiger partial charge is 0.335 e. The lowest BCUT2D eigenvalue weighted by Crippen LogP contribution is -2.02. The molecule has 2 aromatic rings. The second kappa shape index (κ2) is 7.53. The molecule has 2 N–H and O–H groups in total. The number of carboxylic acid groups (broad SMARTS) is 1. The zero-order valence-corrected chi connectivity index (χ0v) is 13.3. The fourth-order valence-electron chi connectivity index (χ4n) is 1.86. The summed E-state index contributed by atoms with van der Waals surface area (Å²) < 4.78 is 6.20. The second-order valence-electron chi connectivity index (χ2n) is 4.50. The number of terminal acetylenes is 1. The van der Waals surface area contributed by atoms with Gasteiger partial charge in [0.15, 0.2) is 0 Å². The summed E-state index contributed by atoms with van der Waals surface area (Å²) in [5, 5.41) is 12.2. The zero-order valence-electron chi connectivity index (χ0n) is 11.7. The van der Waals surface area contributed by atoms with Gasteiger partial charge in [0.1, 0.15) is 12.4 Å². The average Bonchev–Trinajstić information content (AvgIpc) is 2.52. The van der Waals surface area contributed by atoms with Crippen molar-refractivity contribution in [2.24, 2.45) is 0 Å². The molecule has 0 saturated carbocycles. The molecule has 0 aromatic heterocycles. The van der Waals surface area contributed by atoms with E-state index in [1.165, 1.54) is 0 Å². The lowest BCUT2D eigenvalue weighted by molar-refractivity contribution is 0.0697. The van der Waals surface area contributed by atoms with Crippen molar-refractivity contribution >= 4 is 27.6 Å². The number of aromatic carboxylic acids is 1. The van der Waals surface area contributed by atoms with E-state index >= 15 is 0 Å². The van der Waals surface area contributed by atoms with Gasteiger partial charge < -0.3 is 15.2 Å². The highest BCUT2D eigenvalue weighted by atomic mass is 79.9. The topological polar surface area (TPSA) is 58.6 Å². The first-order valence-corrected chi connectivity index (χ1v) is 7.31. The van der Waals surface area contributed by atoms with Gasteiger partial charge in [0.05, 0.1) is 10.0 Å². The maximum absolute atomic E-state index is 10.9. The maximum atomic E-state index is 10.9. The number of carbonyl (C=O) groups is 1. The molecule has 0 atom stereocenters. The van der Waals surface area contributed by atoms with Crippen LogP contribution in [0.1, 0.15) is 15.9 Å². The van der Waals surface area contributed by atoms with Gasteiger partial charge in [-0.05, 0) is 51.8 Å². The summed E-state index contributed by atoms with van der Waals surface area (Å²) in [4.78, 5) is 10.9. The van der Waals surface area contributed by atoms with E-state index in [-0.39, 0.29) is 12.2 Å². The molecule has 4 nitrogen and oxygen atoms in total. The van der Waals surface area contributed by atoms with Crippen molar-refractivity contribution < 1.29 is 14.6 Å². The quantitative estimate of drug-likeness (QED) is 0.770. The molecule has 0 aliphatic carbocycles. The average molecular weight is 360 g/mol. The normalized spacial score (nSPS) is 9.82. The number of hydrogen-bond donors (Lipinski definition) is 2. The third-order valence-electron chi connectivity index (χ3n) is 2.91. The largest absolute Gasteiger partial charge is 0.480 e. The van der Waals surface area contributed by atoms with Gasteiger partial charge in [-0.1, -0.05) is 18.1 Å². The maximum Gasteiger partial charge on any atom is 0.335 e. The van der Waals surface area contributed by atoms with Gasteiger partial charge in [0.2, 0.25) is 0 Å². The van der Waals surface area contributed by atoms with E-state index in [1.54, 1.807) is 18.2 Å². The Morgan fingerprint density at radius 1 is 1.32 bits per heavy atom. The first kappa shape index (κ1) is 15.9. The van der Waals surface area contributed by atoms with Crippen LogP contribution < -0.4 is 10.1 Å². The predicted octanol–water partition coefficient (Wildman–Crippen LogP) is 3.77. The van der Waals surface area contributed by atoms with E-state index in [2.05, 4.69) is 27.2 Å². The van der Waals surface area contributed by atoms with Crippen LogP contribution in [-0.2, 0) is 6.54 Å². The van der Waals surface area contributed by atoms with Gasteiger partial charge in [0, 0.05) is 12.2 Å². The summed E-state index contributed by atoms with van der Waals surface area (Å²) in [7, 11) is 0. The summed E-state index contributed by atoms with van der Waals surface area (Å²) in [5.74, 6) is 2.16. The van der Waals surface area contributed by atoms with Gasteiger partial charge in [-0.2, -0.15) is 0 Å². The summed E-state index contributed by atoms with van der Waals surface area (Å²) >= 11 is 3.44. The Kier molecular flexibility index (Phi) is 5.45. The molecular weight excluding hydrogens is 346 g/mol. The van der Waals surface area contributed by atoms with Gasteiger partial charge in [-0.15, -0.1) is 6.42 Å². The van der Waals surface area contributed by atoms with E-state index in [4.69, 9.17) is 16.3 Å². The number of hydrogen-bond acceptors (Lipinski definition) is 3. The van der Waals surface area contributed by atoms with E-state index in [1.807, 2.05) is 24.3 Å². The van der Waals surface area contributed by atoms with Crippen LogP contribution in [0.15, 0.2) is 46.9 Å². The van der Waals surface area contributed by atoms with Crippen LogP contribution in [0.2, 0.25) is 0 Å². The minimum Gasteiger partial charge on any atom is -0.480 e. The van der Waals surface area contributed by atoms with Crippen LogP contribution in [0.3, 0.4) is 0 Å². The summed E-state index contributed by atoms with van der Waals surface area (Å²) in [6.07, 6.45) is 5.16. The molecule has 0 unspecified atom stereocenters. The number of ether oxygens (including phenoxy) is 1. The Hall–Kier alpha value is -2.45. The lowest BCUT2D eigenvalue weighted by atomic mass is 10.2. The standard InChI is InChI=1S/C17H14BrNO3/c1-2-8-22-16-7-6-12(9-15(16)18)11-19-14-5-3-4-13(10-14)17(20)21/h1,3-7,9-10,19H,8,11H2,(H,20,21). The highest BCUT2D eigenvalue weighted by Gasteiger charge is 2.05. The van der Waals surface area contributed by atoms with Crippen molar-refractivity contribution in [1.29, 1.82) is 0 Å². The zero-order chi connectivity index (χ0) is 15.9. The van der Waals surface area contributed by atoms with Crippen molar-refractivity contribution in [3.63, 3.8) is 0 Å². The van der Waals surface area contributed by atoms with Crippen LogP contribution in [0.4, 0.5) is 5.69 Å². The Labute approximate surface area is 137 Å². The first-order valence-electron chi connectivity index (χ1n) is 6.52. The molecule has 0 aliphatic heterocycles. The predicted molar refractivity (Wildman–Crippen MR) is 89.2 cm³/mol. The van der Waals surface area contributed by atoms with E-state index in [0.717, 1.165) is 15.7 Å². The molecular formula is C17H14BrNO3. The molecule has 0 saturated heterocycles. The monoisotopic (exact) mass is 359 g/mol. The molecule has 0 amide bonds. The molecule has 0 heterocycles. The molecule has 22 heavy (non-hydrogen) atoms. The third-order valence-corrected chi connectivity index (χ3v) is 3.53. The lowest BCUT2D eigenvalue weighted by Gasteiger charge is -2.10. The third kappa shape index (κ3) is 4.27. The van der Waals surface area contributed by atoms with Crippen molar-refractivity contribution in [3.8, 4) is 18.1 Å². The van der Waals surface area contributed by atoms with Crippen molar-refractivity contribution in [2.45, 2.75) is 6.54 Å². The summed E-state index contributed by atoms with van der Waals surface area (Å²) in [6.45, 7) is 0.787. The molecule has 2 rings (SSSR count). The molecule has 0 aliphatic rings. The Morgan fingerprint density at radius 3 is 2.82 bits per heavy atom. The molecule has 0 radical (unpaired) electrons. The van der Waals surface area contributed by atoms with Crippen LogP contribution in [0, 0.1) is 12.3 Å². The van der Waals surface area contributed by atoms with Crippen LogP contribution in [0.25, 0.3) is 0 Å². The molecule has 0 bridgehead atoms. The highest BCUT2D eigenvalue weighted by Crippen LogP contribution is 2.26. The van der Waals surface area contributed by atoms with E-state index in [0.29, 0.717) is 12.3 Å². The van der Waals surface area contributed by atoms with Crippen LogP contribution in [-0.4, -0.2) is 17.7 Å². The number of anilines is 1.